The third-order valence-corrected chi connectivity index (χ3v) is 4.07. The highest BCUT2D eigenvalue weighted by molar-refractivity contribution is 7.98. The molecule has 0 fully saturated rings. The summed E-state index contributed by atoms with van der Waals surface area (Å²) in [6.07, 6.45) is 0.889. The minimum atomic E-state index is -0.752. The van der Waals surface area contributed by atoms with Gasteiger partial charge in [-0.25, -0.2) is 0 Å². The van der Waals surface area contributed by atoms with Gasteiger partial charge in [0.1, 0.15) is 6.07 Å². The summed E-state index contributed by atoms with van der Waals surface area (Å²) in [5.74, 6) is 0.864. The number of rotatable bonds is 6. The lowest BCUT2D eigenvalue weighted by atomic mass is 10.0. The lowest BCUT2D eigenvalue weighted by Crippen LogP contribution is -1.96. The fourth-order valence-electron chi connectivity index (χ4n) is 1.55. The molecule has 18 heavy (non-hydrogen) atoms. The fourth-order valence-corrected chi connectivity index (χ4v) is 2.86. The summed E-state index contributed by atoms with van der Waals surface area (Å²) in [4.78, 5) is 11.1. The van der Waals surface area contributed by atoms with Crippen molar-refractivity contribution in [2.75, 3.05) is 5.75 Å². The fraction of sp³-hybridized carbons (Fsp3) is 0.385. The van der Waals surface area contributed by atoms with Crippen LogP contribution in [0.4, 0.5) is 0 Å². The van der Waals surface area contributed by atoms with Gasteiger partial charge < -0.3 is 5.11 Å². The number of hydrogen-bond acceptors (Lipinski definition) is 4. The minimum absolute atomic E-state index is 0.213. The second-order valence-corrected chi connectivity index (χ2v) is 5.49. The standard InChI is InChI=1S/C13H15NO2S2/c1-9-10(4-5-12(17)11(9)7-14)8-18-6-2-3-13(15)16/h4-5,17H,2-3,6,8H2,1H3,(H,15,16). The van der Waals surface area contributed by atoms with E-state index in [4.69, 9.17) is 10.4 Å². The van der Waals surface area contributed by atoms with Crippen LogP contribution in [0.3, 0.4) is 0 Å². The maximum atomic E-state index is 10.4. The summed E-state index contributed by atoms with van der Waals surface area (Å²) >= 11 is 5.94. The van der Waals surface area contributed by atoms with Crippen LogP contribution in [0.5, 0.6) is 0 Å². The van der Waals surface area contributed by atoms with E-state index in [0.717, 1.165) is 22.6 Å². The molecule has 0 amide bonds. The van der Waals surface area contributed by atoms with E-state index < -0.39 is 5.97 Å². The van der Waals surface area contributed by atoms with E-state index in [9.17, 15) is 4.79 Å². The minimum Gasteiger partial charge on any atom is -0.481 e. The Balaban J connectivity index is 2.53. The normalized spacial score (nSPS) is 10.1. The first kappa shape index (κ1) is 14.9. The smallest absolute Gasteiger partial charge is 0.303 e. The van der Waals surface area contributed by atoms with Crippen LogP contribution in [0.2, 0.25) is 0 Å². The van der Waals surface area contributed by atoms with Crippen molar-refractivity contribution in [1.82, 2.24) is 0 Å². The summed E-state index contributed by atoms with van der Waals surface area (Å²) in [5.41, 5.74) is 2.71. The number of carboxylic acid groups (broad SMARTS) is 1. The Kier molecular flexibility index (Phi) is 6.10. The second-order valence-electron chi connectivity index (χ2n) is 3.91. The number of carbonyl (C=O) groups is 1. The Morgan fingerprint density at radius 1 is 1.56 bits per heavy atom. The molecule has 0 saturated heterocycles. The summed E-state index contributed by atoms with van der Waals surface area (Å²) < 4.78 is 0. The molecule has 0 saturated carbocycles. The van der Waals surface area contributed by atoms with Gasteiger partial charge in [0.05, 0.1) is 5.56 Å². The van der Waals surface area contributed by atoms with E-state index in [0.29, 0.717) is 16.9 Å². The van der Waals surface area contributed by atoms with Crippen LogP contribution in [0.1, 0.15) is 29.5 Å². The van der Waals surface area contributed by atoms with Crippen LogP contribution in [0, 0.1) is 18.3 Å². The van der Waals surface area contributed by atoms with Crippen LogP contribution in [0.15, 0.2) is 17.0 Å². The van der Waals surface area contributed by atoms with Gasteiger partial charge in [0.25, 0.3) is 0 Å². The molecule has 3 nitrogen and oxygen atoms in total. The molecule has 0 bridgehead atoms. The predicted molar refractivity (Wildman–Crippen MR) is 76.2 cm³/mol. The highest BCUT2D eigenvalue weighted by Gasteiger charge is 2.07. The van der Waals surface area contributed by atoms with E-state index >= 15 is 0 Å². The second kappa shape index (κ2) is 7.34. The van der Waals surface area contributed by atoms with Crippen molar-refractivity contribution in [2.45, 2.75) is 30.4 Å². The molecule has 1 aromatic rings. The Labute approximate surface area is 117 Å². The van der Waals surface area contributed by atoms with E-state index in [2.05, 4.69) is 18.7 Å². The zero-order chi connectivity index (χ0) is 13.5. The lowest BCUT2D eigenvalue weighted by molar-refractivity contribution is -0.137. The number of carboxylic acids is 1. The molecule has 0 aliphatic rings. The number of nitrogens with zero attached hydrogens (tertiary/aromatic N) is 1. The van der Waals surface area contributed by atoms with Crippen molar-refractivity contribution in [2.24, 2.45) is 0 Å². The lowest BCUT2D eigenvalue weighted by Gasteiger charge is -2.08. The molecule has 0 aromatic heterocycles. The molecule has 0 spiro atoms. The molecule has 1 rings (SSSR count). The summed E-state index contributed by atoms with van der Waals surface area (Å²) in [6, 6.07) is 5.97. The van der Waals surface area contributed by atoms with Gasteiger partial charge in [-0.15, -0.1) is 12.6 Å². The molecule has 96 valence electrons. The zero-order valence-corrected chi connectivity index (χ0v) is 11.9. The van der Waals surface area contributed by atoms with Crippen molar-refractivity contribution in [3.8, 4) is 6.07 Å². The largest absolute Gasteiger partial charge is 0.481 e. The Morgan fingerprint density at radius 3 is 2.89 bits per heavy atom. The van der Waals surface area contributed by atoms with Crippen molar-refractivity contribution in [3.63, 3.8) is 0 Å². The van der Waals surface area contributed by atoms with Crippen LogP contribution >= 0.6 is 24.4 Å². The van der Waals surface area contributed by atoms with E-state index in [1.54, 1.807) is 11.8 Å². The number of aliphatic carboxylic acids is 1. The van der Waals surface area contributed by atoms with Gasteiger partial charge in [-0.3, -0.25) is 4.79 Å². The zero-order valence-electron chi connectivity index (χ0n) is 10.1. The molecule has 5 heteroatoms. The van der Waals surface area contributed by atoms with Crippen molar-refractivity contribution in [3.05, 3.63) is 28.8 Å². The van der Waals surface area contributed by atoms with E-state index in [-0.39, 0.29) is 6.42 Å². The SMILES string of the molecule is Cc1c(CSCCCC(=O)O)ccc(S)c1C#N. The monoisotopic (exact) mass is 281 g/mol. The van der Waals surface area contributed by atoms with Crippen molar-refractivity contribution in [1.29, 1.82) is 5.26 Å². The van der Waals surface area contributed by atoms with Crippen LogP contribution < -0.4 is 0 Å². The average Bonchev–Trinajstić information content (AvgIpc) is 2.31. The summed E-state index contributed by atoms with van der Waals surface area (Å²) in [6.45, 7) is 1.92. The van der Waals surface area contributed by atoms with Crippen LogP contribution in [0.25, 0.3) is 0 Å². The van der Waals surface area contributed by atoms with Crippen molar-refractivity contribution < 1.29 is 9.90 Å². The number of thioether (sulfide) groups is 1. The number of thiol groups is 1. The maximum Gasteiger partial charge on any atom is 0.303 e. The van der Waals surface area contributed by atoms with Gasteiger partial charge >= 0.3 is 5.97 Å². The third kappa shape index (κ3) is 4.28. The molecule has 0 heterocycles. The molecular formula is C13H15NO2S2. The molecule has 0 aliphatic carbocycles. The highest BCUT2D eigenvalue weighted by atomic mass is 32.2. The van der Waals surface area contributed by atoms with E-state index in [1.165, 1.54) is 0 Å². The highest BCUT2D eigenvalue weighted by Crippen LogP contribution is 2.24. The number of benzene rings is 1. The molecule has 0 atom stereocenters. The number of nitriles is 1. The van der Waals surface area contributed by atoms with Gasteiger partial charge in [-0.1, -0.05) is 6.07 Å². The maximum absolute atomic E-state index is 10.4. The third-order valence-electron chi connectivity index (χ3n) is 2.60. The first-order valence-corrected chi connectivity index (χ1v) is 7.17. The quantitative estimate of drug-likeness (QED) is 0.620. The predicted octanol–water partition coefficient (Wildman–Crippen LogP) is 3.25. The van der Waals surface area contributed by atoms with Crippen LogP contribution in [-0.4, -0.2) is 16.8 Å². The number of hydrogen-bond donors (Lipinski definition) is 2. The Hall–Kier alpha value is -1.12. The Bertz CT molecular complexity index is 481. The first-order chi connectivity index (χ1) is 8.56. The molecule has 1 aromatic carbocycles. The van der Waals surface area contributed by atoms with Crippen LogP contribution in [-0.2, 0) is 10.5 Å². The first-order valence-electron chi connectivity index (χ1n) is 5.57. The topological polar surface area (TPSA) is 61.1 Å². The summed E-state index contributed by atoms with van der Waals surface area (Å²) in [7, 11) is 0. The summed E-state index contributed by atoms with van der Waals surface area (Å²) in [5, 5.41) is 17.5. The van der Waals surface area contributed by atoms with Gasteiger partial charge in [0, 0.05) is 17.1 Å². The molecule has 0 radical (unpaired) electrons. The molecule has 0 aliphatic heterocycles. The van der Waals surface area contributed by atoms with Gasteiger partial charge in [-0.05, 0) is 36.3 Å². The van der Waals surface area contributed by atoms with Gasteiger partial charge in [0.15, 0.2) is 0 Å². The van der Waals surface area contributed by atoms with Gasteiger partial charge in [0.2, 0.25) is 0 Å². The Morgan fingerprint density at radius 2 is 2.28 bits per heavy atom. The van der Waals surface area contributed by atoms with E-state index in [1.807, 2.05) is 19.1 Å². The molecule has 0 unspecified atom stereocenters. The average molecular weight is 281 g/mol. The van der Waals surface area contributed by atoms with Crippen molar-refractivity contribution >= 4 is 30.4 Å². The molecular weight excluding hydrogens is 266 g/mol. The molecule has 1 N–H and O–H groups in total. The van der Waals surface area contributed by atoms with Gasteiger partial charge in [-0.2, -0.15) is 17.0 Å².